The lowest BCUT2D eigenvalue weighted by atomic mass is 10.3. The predicted molar refractivity (Wildman–Crippen MR) is 71.0 cm³/mol. The Labute approximate surface area is 108 Å². The van der Waals surface area contributed by atoms with Gasteiger partial charge in [-0.2, -0.15) is 0 Å². The number of nitrogens with zero attached hydrogens (tertiary/aromatic N) is 1. The average Bonchev–Trinajstić information content (AvgIpc) is 2.35. The molecule has 17 heavy (non-hydrogen) atoms. The monoisotopic (exact) mass is 266 g/mol. The number of thiocarbonyl (C=S) groups is 1. The summed E-state index contributed by atoms with van der Waals surface area (Å²) in [7, 11) is 0. The molecule has 0 amide bonds. The Bertz CT molecular complexity index is 545. The summed E-state index contributed by atoms with van der Waals surface area (Å²) in [5.74, 6) is -0.457. The molecular weight excluding hydrogens is 259 g/mol. The van der Waals surface area contributed by atoms with Crippen molar-refractivity contribution in [1.82, 2.24) is 4.98 Å². The minimum atomic E-state index is -0.457. The highest BCUT2D eigenvalue weighted by Gasteiger charge is 2.04. The first-order valence-corrected chi connectivity index (χ1v) is 5.63. The standard InChI is InChI=1S/C12H8ClFN2S/c13-9-7-8(4-5-10(9)14)16-12(17)11-3-1-2-6-15-11/h1-7H,(H,16,17). The molecule has 86 valence electrons. The van der Waals surface area contributed by atoms with E-state index in [0.29, 0.717) is 16.4 Å². The highest BCUT2D eigenvalue weighted by Crippen LogP contribution is 2.19. The largest absolute Gasteiger partial charge is 0.345 e. The molecule has 0 spiro atoms. The molecule has 0 aliphatic heterocycles. The van der Waals surface area contributed by atoms with Gasteiger partial charge in [-0.15, -0.1) is 0 Å². The van der Waals surface area contributed by atoms with Gasteiger partial charge in [0, 0.05) is 11.9 Å². The normalized spacial score (nSPS) is 10.0. The van der Waals surface area contributed by atoms with Crippen LogP contribution in [0.5, 0.6) is 0 Å². The van der Waals surface area contributed by atoms with E-state index in [9.17, 15) is 4.39 Å². The molecule has 0 aliphatic rings. The topological polar surface area (TPSA) is 24.9 Å². The molecule has 0 aliphatic carbocycles. The third-order valence-corrected chi connectivity index (χ3v) is 2.68. The van der Waals surface area contributed by atoms with Crippen molar-refractivity contribution < 1.29 is 4.39 Å². The van der Waals surface area contributed by atoms with Gasteiger partial charge in [0.15, 0.2) is 0 Å². The van der Waals surface area contributed by atoms with Gasteiger partial charge < -0.3 is 5.32 Å². The number of hydrogen-bond donors (Lipinski definition) is 1. The maximum absolute atomic E-state index is 13.0. The lowest BCUT2D eigenvalue weighted by Gasteiger charge is -2.07. The maximum atomic E-state index is 13.0. The Morgan fingerprint density at radius 3 is 2.76 bits per heavy atom. The highest BCUT2D eigenvalue weighted by atomic mass is 35.5. The molecule has 2 nitrogen and oxygen atoms in total. The first kappa shape index (κ1) is 12.0. The number of aromatic nitrogens is 1. The van der Waals surface area contributed by atoms with Crippen LogP contribution in [0.4, 0.5) is 10.1 Å². The maximum Gasteiger partial charge on any atom is 0.141 e. The van der Waals surface area contributed by atoms with Crippen LogP contribution in [0, 0.1) is 5.82 Å². The van der Waals surface area contributed by atoms with E-state index in [0.717, 1.165) is 0 Å². The van der Waals surface area contributed by atoms with Gasteiger partial charge in [-0.25, -0.2) is 4.39 Å². The number of benzene rings is 1. The first-order chi connectivity index (χ1) is 8.16. The van der Waals surface area contributed by atoms with Crippen molar-refractivity contribution in [3.05, 3.63) is 59.1 Å². The summed E-state index contributed by atoms with van der Waals surface area (Å²) in [5.41, 5.74) is 1.29. The van der Waals surface area contributed by atoms with Gasteiger partial charge in [-0.3, -0.25) is 4.98 Å². The molecule has 1 N–H and O–H groups in total. The van der Waals surface area contributed by atoms with Crippen LogP contribution in [-0.4, -0.2) is 9.97 Å². The quantitative estimate of drug-likeness (QED) is 0.840. The predicted octanol–water partition coefficient (Wildman–Crippen LogP) is 3.66. The van der Waals surface area contributed by atoms with Crippen LogP contribution in [-0.2, 0) is 0 Å². The number of hydrogen-bond acceptors (Lipinski definition) is 2. The van der Waals surface area contributed by atoms with E-state index in [1.165, 1.54) is 12.1 Å². The molecule has 0 bridgehead atoms. The molecule has 0 radical (unpaired) electrons. The zero-order valence-corrected chi connectivity index (χ0v) is 10.2. The lowest BCUT2D eigenvalue weighted by Crippen LogP contribution is -2.11. The number of pyridine rings is 1. The molecule has 0 saturated heterocycles. The Hall–Kier alpha value is -1.52. The Morgan fingerprint density at radius 1 is 1.29 bits per heavy atom. The molecule has 0 saturated carbocycles. The minimum Gasteiger partial charge on any atom is -0.345 e. The molecule has 1 aromatic heterocycles. The summed E-state index contributed by atoms with van der Waals surface area (Å²) in [6.45, 7) is 0. The second kappa shape index (κ2) is 5.21. The fraction of sp³-hybridized carbons (Fsp3) is 0. The van der Waals surface area contributed by atoms with Crippen molar-refractivity contribution in [2.75, 3.05) is 5.32 Å². The molecular formula is C12H8ClFN2S. The summed E-state index contributed by atoms with van der Waals surface area (Å²) >= 11 is 10.8. The summed E-state index contributed by atoms with van der Waals surface area (Å²) in [6, 6.07) is 9.77. The van der Waals surface area contributed by atoms with Crippen molar-refractivity contribution in [3.8, 4) is 0 Å². The van der Waals surface area contributed by atoms with Gasteiger partial charge in [-0.1, -0.05) is 29.9 Å². The Morgan fingerprint density at radius 2 is 2.12 bits per heavy atom. The Kier molecular flexibility index (Phi) is 3.66. The smallest absolute Gasteiger partial charge is 0.141 e. The number of rotatable bonds is 2. The summed E-state index contributed by atoms with van der Waals surface area (Å²) in [4.78, 5) is 4.57. The second-order valence-electron chi connectivity index (χ2n) is 3.30. The van der Waals surface area contributed by atoms with E-state index >= 15 is 0 Å². The summed E-state index contributed by atoms with van der Waals surface area (Å²) in [5, 5.41) is 3.00. The third-order valence-electron chi connectivity index (χ3n) is 2.08. The molecule has 1 heterocycles. The van der Waals surface area contributed by atoms with Gasteiger partial charge >= 0.3 is 0 Å². The molecule has 0 atom stereocenters. The third kappa shape index (κ3) is 2.99. The fourth-order valence-electron chi connectivity index (χ4n) is 1.27. The van der Waals surface area contributed by atoms with Crippen LogP contribution in [0.1, 0.15) is 5.69 Å². The van der Waals surface area contributed by atoms with Gasteiger partial charge in [0.1, 0.15) is 10.8 Å². The van der Waals surface area contributed by atoms with Crippen molar-refractivity contribution in [3.63, 3.8) is 0 Å². The van der Waals surface area contributed by atoms with Crippen LogP contribution < -0.4 is 5.32 Å². The molecule has 5 heteroatoms. The van der Waals surface area contributed by atoms with E-state index in [1.807, 2.05) is 6.07 Å². The SMILES string of the molecule is Fc1ccc(NC(=S)c2ccccn2)cc1Cl. The number of halogens is 2. The van der Waals surface area contributed by atoms with Gasteiger partial charge in [0.25, 0.3) is 0 Å². The molecule has 0 fully saturated rings. The first-order valence-electron chi connectivity index (χ1n) is 4.84. The van der Waals surface area contributed by atoms with Crippen LogP contribution >= 0.6 is 23.8 Å². The highest BCUT2D eigenvalue weighted by molar-refractivity contribution is 7.81. The average molecular weight is 267 g/mol. The summed E-state index contributed by atoms with van der Waals surface area (Å²) in [6.07, 6.45) is 1.65. The molecule has 0 unspecified atom stereocenters. The fourth-order valence-corrected chi connectivity index (χ4v) is 1.69. The lowest BCUT2D eigenvalue weighted by molar-refractivity contribution is 0.628. The van der Waals surface area contributed by atoms with Crippen LogP contribution in [0.2, 0.25) is 5.02 Å². The summed E-state index contributed by atoms with van der Waals surface area (Å²) < 4.78 is 13.0. The van der Waals surface area contributed by atoms with E-state index in [2.05, 4.69) is 10.3 Å². The number of anilines is 1. The van der Waals surface area contributed by atoms with E-state index < -0.39 is 5.82 Å². The van der Waals surface area contributed by atoms with E-state index in [-0.39, 0.29) is 5.02 Å². The second-order valence-corrected chi connectivity index (χ2v) is 4.11. The van der Waals surface area contributed by atoms with Gasteiger partial charge in [-0.05, 0) is 30.3 Å². The number of nitrogens with one attached hydrogen (secondary N) is 1. The zero-order valence-electron chi connectivity index (χ0n) is 8.65. The van der Waals surface area contributed by atoms with Crippen LogP contribution in [0.25, 0.3) is 0 Å². The van der Waals surface area contributed by atoms with Crippen molar-refractivity contribution in [1.29, 1.82) is 0 Å². The van der Waals surface area contributed by atoms with Crippen LogP contribution in [0.15, 0.2) is 42.6 Å². The Balaban J connectivity index is 2.16. The zero-order chi connectivity index (χ0) is 12.3. The molecule has 2 rings (SSSR count). The van der Waals surface area contributed by atoms with E-state index in [1.54, 1.807) is 24.4 Å². The van der Waals surface area contributed by atoms with E-state index in [4.69, 9.17) is 23.8 Å². The minimum absolute atomic E-state index is 0.0545. The van der Waals surface area contributed by atoms with Crippen molar-refractivity contribution >= 4 is 34.5 Å². The van der Waals surface area contributed by atoms with Crippen LogP contribution in [0.3, 0.4) is 0 Å². The molecule has 2 aromatic rings. The van der Waals surface area contributed by atoms with Crippen molar-refractivity contribution in [2.45, 2.75) is 0 Å². The molecule has 1 aromatic carbocycles. The van der Waals surface area contributed by atoms with Crippen molar-refractivity contribution in [2.24, 2.45) is 0 Å². The van der Waals surface area contributed by atoms with Gasteiger partial charge in [0.05, 0.1) is 10.7 Å². The van der Waals surface area contributed by atoms with Gasteiger partial charge in [0.2, 0.25) is 0 Å².